The highest BCUT2D eigenvalue weighted by Gasteiger charge is 2.22. The third-order valence-corrected chi connectivity index (χ3v) is 5.31. The van der Waals surface area contributed by atoms with E-state index in [1.54, 1.807) is 36.4 Å². The van der Waals surface area contributed by atoms with Crippen molar-refractivity contribution in [1.82, 2.24) is 4.90 Å². The van der Waals surface area contributed by atoms with E-state index in [-0.39, 0.29) is 18.7 Å². The molecular formula is C21H27N3O5. The second kappa shape index (κ2) is 9.80. The Labute approximate surface area is 169 Å². The lowest BCUT2D eigenvalue weighted by Crippen LogP contribution is -2.48. The summed E-state index contributed by atoms with van der Waals surface area (Å²) in [5, 5.41) is 40.6. The molecule has 156 valence electrons. The average Bonchev–Trinajstić information content (AvgIpc) is 2.74. The first-order valence-electron chi connectivity index (χ1n) is 9.74. The molecule has 0 bridgehead atoms. The van der Waals surface area contributed by atoms with E-state index in [0.717, 1.165) is 43.0 Å². The molecule has 2 atom stereocenters. The number of β-amino-alcohol motifs (C(OH)–C–C–N with tert-alkyl or cyclic N) is 1. The molecule has 0 saturated carbocycles. The molecule has 0 aromatic heterocycles. The molecule has 3 rings (SSSR count). The summed E-state index contributed by atoms with van der Waals surface area (Å²) in [5.74, 6) is 0. The van der Waals surface area contributed by atoms with Crippen molar-refractivity contribution in [3.05, 3.63) is 69.8 Å². The lowest BCUT2D eigenvalue weighted by molar-refractivity contribution is -0.384. The molecule has 2 aromatic carbocycles. The van der Waals surface area contributed by atoms with Gasteiger partial charge in [0.2, 0.25) is 0 Å². The van der Waals surface area contributed by atoms with Gasteiger partial charge in [-0.05, 0) is 23.3 Å². The van der Waals surface area contributed by atoms with E-state index in [9.17, 15) is 20.3 Å². The molecule has 0 amide bonds. The van der Waals surface area contributed by atoms with Gasteiger partial charge >= 0.3 is 0 Å². The first kappa shape index (κ1) is 21.2. The maximum absolute atomic E-state index is 10.8. The van der Waals surface area contributed by atoms with E-state index >= 15 is 0 Å². The van der Waals surface area contributed by atoms with Crippen LogP contribution in [0.3, 0.4) is 0 Å². The minimum absolute atomic E-state index is 0.0369. The van der Waals surface area contributed by atoms with Gasteiger partial charge < -0.3 is 20.2 Å². The summed E-state index contributed by atoms with van der Waals surface area (Å²) in [5.41, 5.74) is 2.55. The second-order valence-electron chi connectivity index (χ2n) is 7.37. The smallest absolute Gasteiger partial charge is 0.269 e. The number of nitrogens with zero attached hydrogens (tertiary/aromatic N) is 3. The number of hydrogen-bond donors (Lipinski definition) is 3. The maximum Gasteiger partial charge on any atom is 0.269 e. The van der Waals surface area contributed by atoms with Gasteiger partial charge in [-0.25, -0.2) is 0 Å². The fourth-order valence-corrected chi connectivity index (χ4v) is 3.59. The molecule has 8 nitrogen and oxygen atoms in total. The number of aliphatic hydroxyl groups excluding tert-OH is 3. The quantitative estimate of drug-likeness (QED) is 0.456. The number of rotatable bonds is 8. The number of nitro groups is 1. The van der Waals surface area contributed by atoms with Crippen LogP contribution in [0.4, 0.5) is 11.4 Å². The number of non-ortho nitro benzene ring substituents is 1. The lowest BCUT2D eigenvalue weighted by atomic mass is 10.0. The van der Waals surface area contributed by atoms with Gasteiger partial charge in [0.1, 0.15) is 0 Å². The predicted molar refractivity (Wildman–Crippen MR) is 110 cm³/mol. The zero-order chi connectivity index (χ0) is 20.8. The standard InChI is InChI=1S/C21H27N3O5/c25-15-16-1-3-17(4-2-16)21(27)13-20(26)14-22-9-11-23(12-10-22)18-5-7-19(8-6-18)24(28)29/h1-8,20-21,25-27H,9-15H2/t20-,21+/m0/s1. The van der Waals surface area contributed by atoms with Crippen LogP contribution in [0.25, 0.3) is 0 Å². The van der Waals surface area contributed by atoms with Gasteiger partial charge in [-0.3, -0.25) is 15.0 Å². The highest BCUT2D eigenvalue weighted by molar-refractivity contribution is 5.51. The third-order valence-electron chi connectivity index (χ3n) is 5.31. The molecule has 3 N–H and O–H groups in total. The zero-order valence-corrected chi connectivity index (χ0v) is 16.2. The monoisotopic (exact) mass is 401 g/mol. The topological polar surface area (TPSA) is 110 Å². The first-order chi connectivity index (χ1) is 14.0. The number of nitro benzene ring substituents is 1. The molecule has 1 aliphatic heterocycles. The minimum Gasteiger partial charge on any atom is -0.392 e. The van der Waals surface area contributed by atoms with Crippen molar-refractivity contribution in [3.8, 4) is 0 Å². The highest BCUT2D eigenvalue weighted by Crippen LogP contribution is 2.22. The molecule has 0 radical (unpaired) electrons. The Bertz CT molecular complexity index is 789. The van der Waals surface area contributed by atoms with E-state index < -0.39 is 17.1 Å². The summed E-state index contributed by atoms with van der Waals surface area (Å²) >= 11 is 0. The van der Waals surface area contributed by atoms with Crippen molar-refractivity contribution in [2.24, 2.45) is 0 Å². The zero-order valence-electron chi connectivity index (χ0n) is 16.2. The fourth-order valence-electron chi connectivity index (χ4n) is 3.59. The fraction of sp³-hybridized carbons (Fsp3) is 0.429. The van der Waals surface area contributed by atoms with Gasteiger partial charge in [0.05, 0.1) is 23.7 Å². The van der Waals surface area contributed by atoms with Crippen molar-refractivity contribution >= 4 is 11.4 Å². The van der Waals surface area contributed by atoms with Crippen molar-refractivity contribution in [3.63, 3.8) is 0 Å². The van der Waals surface area contributed by atoms with Gasteiger partial charge in [0.15, 0.2) is 0 Å². The Morgan fingerprint density at radius 1 is 0.966 bits per heavy atom. The van der Waals surface area contributed by atoms with Crippen LogP contribution in [0.15, 0.2) is 48.5 Å². The molecule has 0 aliphatic carbocycles. The Balaban J connectivity index is 1.45. The van der Waals surface area contributed by atoms with Gasteiger partial charge in [-0.2, -0.15) is 0 Å². The molecule has 1 saturated heterocycles. The predicted octanol–water partition coefficient (Wildman–Crippen LogP) is 1.69. The molecule has 0 unspecified atom stereocenters. The summed E-state index contributed by atoms with van der Waals surface area (Å²) in [6.07, 6.45) is -1.14. The van der Waals surface area contributed by atoms with Crippen molar-refractivity contribution in [2.75, 3.05) is 37.6 Å². The van der Waals surface area contributed by atoms with Gasteiger partial charge in [0, 0.05) is 57.0 Å². The maximum atomic E-state index is 10.8. The third kappa shape index (κ3) is 5.74. The molecular weight excluding hydrogens is 374 g/mol. The largest absolute Gasteiger partial charge is 0.392 e. The molecule has 8 heteroatoms. The van der Waals surface area contributed by atoms with Crippen LogP contribution in [0.1, 0.15) is 23.7 Å². The van der Waals surface area contributed by atoms with Gasteiger partial charge in [-0.1, -0.05) is 24.3 Å². The summed E-state index contributed by atoms with van der Waals surface area (Å²) in [7, 11) is 0. The van der Waals surface area contributed by atoms with E-state index in [0.29, 0.717) is 6.54 Å². The van der Waals surface area contributed by atoms with Crippen LogP contribution in [0, 0.1) is 10.1 Å². The van der Waals surface area contributed by atoms with E-state index in [2.05, 4.69) is 9.80 Å². The van der Waals surface area contributed by atoms with E-state index in [4.69, 9.17) is 5.11 Å². The van der Waals surface area contributed by atoms with Crippen LogP contribution in [0.5, 0.6) is 0 Å². The van der Waals surface area contributed by atoms with Crippen molar-refractivity contribution < 1.29 is 20.2 Å². The number of piperazine rings is 1. The Kier molecular flexibility index (Phi) is 7.16. The molecule has 1 fully saturated rings. The van der Waals surface area contributed by atoms with E-state index in [1.165, 1.54) is 12.1 Å². The highest BCUT2D eigenvalue weighted by atomic mass is 16.6. The summed E-state index contributed by atoms with van der Waals surface area (Å²) in [6.45, 7) is 3.54. The van der Waals surface area contributed by atoms with Crippen LogP contribution in [-0.2, 0) is 6.61 Å². The molecule has 1 heterocycles. The minimum atomic E-state index is -0.751. The Morgan fingerprint density at radius 2 is 1.59 bits per heavy atom. The summed E-state index contributed by atoms with van der Waals surface area (Å²) in [4.78, 5) is 14.7. The molecule has 29 heavy (non-hydrogen) atoms. The molecule has 2 aromatic rings. The first-order valence-corrected chi connectivity index (χ1v) is 9.74. The van der Waals surface area contributed by atoms with Crippen LogP contribution in [-0.4, -0.2) is 64.0 Å². The van der Waals surface area contributed by atoms with Crippen LogP contribution < -0.4 is 4.90 Å². The number of anilines is 1. The van der Waals surface area contributed by atoms with Gasteiger partial charge in [0.25, 0.3) is 5.69 Å². The van der Waals surface area contributed by atoms with Crippen molar-refractivity contribution in [1.29, 1.82) is 0 Å². The Morgan fingerprint density at radius 3 is 2.14 bits per heavy atom. The van der Waals surface area contributed by atoms with Crippen molar-refractivity contribution in [2.45, 2.75) is 25.2 Å². The number of aliphatic hydroxyl groups is 3. The van der Waals surface area contributed by atoms with E-state index in [1.807, 2.05) is 0 Å². The second-order valence-corrected chi connectivity index (χ2v) is 7.37. The Hall–Kier alpha value is -2.52. The summed E-state index contributed by atoms with van der Waals surface area (Å²) < 4.78 is 0. The lowest BCUT2D eigenvalue weighted by Gasteiger charge is -2.37. The van der Waals surface area contributed by atoms with Gasteiger partial charge in [-0.15, -0.1) is 0 Å². The van der Waals surface area contributed by atoms with Crippen LogP contribution in [0.2, 0.25) is 0 Å². The SMILES string of the molecule is O=[N+]([O-])c1ccc(N2CCN(C[C@@H](O)C[C@@H](O)c3ccc(CO)cc3)CC2)cc1. The summed E-state index contributed by atoms with van der Waals surface area (Å²) in [6, 6.07) is 13.6. The number of benzene rings is 2. The average molecular weight is 401 g/mol. The normalized spacial score (nSPS) is 17.1. The number of hydrogen-bond acceptors (Lipinski definition) is 7. The van der Waals surface area contributed by atoms with Crippen LogP contribution >= 0.6 is 0 Å². The molecule has 1 aliphatic rings. The molecule has 0 spiro atoms.